The van der Waals surface area contributed by atoms with Crippen LogP contribution < -0.4 is 15.4 Å². The van der Waals surface area contributed by atoms with Crippen LogP contribution in [-0.4, -0.2) is 29.3 Å². The molecule has 1 saturated heterocycles. The lowest BCUT2D eigenvalue weighted by Crippen LogP contribution is -2.38. The molecule has 0 spiro atoms. The van der Waals surface area contributed by atoms with Gasteiger partial charge in [0, 0.05) is 15.6 Å². The summed E-state index contributed by atoms with van der Waals surface area (Å²) in [4.78, 5) is 38.2. The number of imide groups is 1. The Balaban J connectivity index is 1.50. The van der Waals surface area contributed by atoms with Crippen LogP contribution in [0, 0.1) is 11.6 Å². The second kappa shape index (κ2) is 10.5. The minimum atomic E-state index is -0.797. The first kappa shape index (κ1) is 24.1. The Labute approximate surface area is 207 Å². The highest BCUT2D eigenvalue weighted by Crippen LogP contribution is 2.27. The summed E-state index contributed by atoms with van der Waals surface area (Å²) in [7, 11) is 0. The summed E-state index contributed by atoms with van der Waals surface area (Å²) in [5, 5.41) is 4.76. The van der Waals surface area contributed by atoms with Gasteiger partial charge >= 0.3 is 6.03 Å². The van der Waals surface area contributed by atoms with Crippen LogP contribution in [0.25, 0.3) is 6.08 Å². The molecule has 1 heterocycles. The van der Waals surface area contributed by atoms with Gasteiger partial charge < -0.3 is 15.4 Å². The van der Waals surface area contributed by atoms with Crippen molar-refractivity contribution in [2.45, 2.75) is 6.61 Å². The predicted molar refractivity (Wildman–Crippen MR) is 128 cm³/mol. The minimum Gasteiger partial charge on any atom is -0.488 e. The molecule has 178 valence electrons. The maximum Gasteiger partial charge on any atom is 0.329 e. The van der Waals surface area contributed by atoms with E-state index in [2.05, 4.69) is 26.6 Å². The van der Waals surface area contributed by atoms with Crippen molar-refractivity contribution in [2.75, 3.05) is 11.9 Å². The summed E-state index contributed by atoms with van der Waals surface area (Å²) >= 11 is 3.35. The van der Waals surface area contributed by atoms with Crippen LogP contribution in [0.4, 0.5) is 19.3 Å². The van der Waals surface area contributed by atoms with Crippen LogP contribution in [0.3, 0.4) is 0 Å². The van der Waals surface area contributed by atoms with Crippen molar-refractivity contribution in [3.05, 3.63) is 99.7 Å². The third-order valence-corrected chi connectivity index (χ3v) is 5.52. The van der Waals surface area contributed by atoms with Crippen LogP contribution in [0.2, 0.25) is 0 Å². The molecule has 0 radical (unpaired) electrons. The fraction of sp³-hybridized carbons (Fsp3) is 0.0800. The molecule has 1 fully saturated rings. The van der Waals surface area contributed by atoms with Gasteiger partial charge in [-0.05, 0) is 42.5 Å². The summed E-state index contributed by atoms with van der Waals surface area (Å²) < 4.78 is 34.1. The first-order chi connectivity index (χ1) is 16.8. The highest BCUT2D eigenvalue weighted by atomic mass is 79.9. The lowest BCUT2D eigenvalue weighted by atomic mass is 10.1. The molecule has 0 atom stereocenters. The van der Waals surface area contributed by atoms with Crippen molar-refractivity contribution >= 4 is 45.5 Å². The van der Waals surface area contributed by atoms with Gasteiger partial charge in [0.15, 0.2) is 0 Å². The SMILES string of the molecule is O=C(CN1C(=O)N/C(=C/c2cc(Br)ccc2OCc2ccccc2F)C1=O)Nc1ccccc1F. The molecule has 2 N–H and O–H groups in total. The van der Waals surface area contributed by atoms with Crippen LogP contribution in [0.1, 0.15) is 11.1 Å². The zero-order valence-electron chi connectivity index (χ0n) is 18.1. The average Bonchev–Trinajstić information content (AvgIpc) is 3.08. The molecular weight excluding hydrogens is 524 g/mol. The zero-order valence-corrected chi connectivity index (χ0v) is 19.6. The van der Waals surface area contributed by atoms with Crippen molar-refractivity contribution in [2.24, 2.45) is 0 Å². The Hall–Kier alpha value is -4.05. The van der Waals surface area contributed by atoms with Crippen molar-refractivity contribution in [1.29, 1.82) is 0 Å². The maximum atomic E-state index is 13.9. The minimum absolute atomic E-state index is 0.0485. The molecule has 0 bridgehead atoms. The largest absolute Gasteiger partial charge is 0.488 e. The molecule has 35 heavy (non-hydrogen) atoms. The number of ether oxygens (including phenoxy) is 1. The number of nitrogens with one attached hydrogen (secondary N) is 2. The van der Waals surface area contributed by atoms with Crippen LogP contribution >= 0.6 is 15.9 Å². The second-order valence-corrected chi connectivity index (χ2v) is 8.39. The number of para-hydroxylation sites is 1. The third kappa shape index (κ3) is 5.72. The molecule has 3 aromatic carbocycles. The summed E-state index contributed by atoms with van der Waals surface area (Å²) in [6, 6.07) is 15.9. The average molecular weight is 542 g/mol. The molecule has 7 nitrogen and oxygen atoms in total. The quantitative estimate of drug-likeness (QED) is 0.331. The van der Waals surface area contributed by atoms with E-state index < -0.39 is 36.0 Å². The van der Waals surface area contributed by atoms with Crippen molar-refractivity contribution in [1.82, 2.24) is 10.2 Å². The van der Waals surface area contributed by atoms with E-state index in [4.69, 9.17) is 4.74 Å². The maximum absolute atomic E-state index is 13.9. The fourth-order valence-corrected chi connectivity index (χ4v) is 3.68. The van der Waals surface area contributed by atoms with Crippen molar-refractivity contribution < 1.29 is 27.9 Å². The second-order valence-electron chi connectivity index (χ2n) is 7.47. The van der Waals surface area contributed by atoms with Crippen LogP contribution in [-0.2, 0) is 16.2 Å². The Bertz CT molecular complexity index is 1350. The number of urea groups is 1. The smallest absolute Gasteiger partial charge is 0.329 e. The molecule has 1 aliphatic rings. The van der Waals surface area contributed by atoms with Gasteiger partial charge in [-0.1, -0.05) is 46.3 Å². The molecular formula is C25H18BrF2N3O4. The zero-order chi connectivity index (χ0) is 24.9. The third-order valence-electron chi connectivity index (χ3n) is 5.02. The molecule has 1 aliphatic heterocycles. The summed E-state index contributed by atoms with van der Waals surface area (Å²) in [5.74, 6) is -2.18. The lowest BCUT2D eigenvalue weighted by Gasteiger charge is -2.12. The molecule has 0 aliphatic carbocycles. The van der Waals surface area contributed by atoms with E-state index in [0.717, 1.165) is 0 Å². The number of carbonyl (C=O) groups excluding carboxylic acids is 3. The number of hydrogen-bond donors (Lipinski definition) is 2. The molecule has 10 heteroatoms. The molecule has 0 aromatic heterocycles. The number of carbonyl (C=O) groups is 3. The number of benzene rings is 3. The normalized spacial score (nSPS) is 14.3. The monoisotopic (exact) mass is 541 g/mol. The van der Waals surface area contributed by atoms with E-state index in [1.807, 2.05) is 0 Å². The highest BCUT2D eigenvalue weighted by molar-refractivity contribution is 9.10. The lowest BCUT2D eigenvalue weighted by molar-refractivity contribution is -0.127. The van der Waals surface area contributed by atoms with Gasteiger partial charge in [-0.3, -0.25) is 9.59 Å². The summed E-state index contributed by atoms with van der Waals surface area (Å²) in [6.07, 6.45) is 1.40. The van der Waals surface area contributed by atoms with E-state index >= 15 is 0 Å². The first-order valence-corrected chi connectivity index (χ1v) is 11.2. The van der Waals surface area contributed by atoms with E-state index in [0.29, 0.717) is 26.2 Å². The van der Waals surface area contributed by atoms with Crippen molar-refractivity contribution in [3.8, 4) is 5.75 Å². The van der Waals surface area contributed by atoms with Gasteiger partial charge in [0.25, 0.3) is 5.91 Å². The van der Waals surface area contributed by atoms with E-state index in [-0.39, 0.29) is 18.0 Å². The van der Waals surface area contributed by atoms with E-state index in [9.17, 15) is 23.2 Å². The standard InChI is InChI=1S/C25H18BrF2N3O4/c26-17-9-10-22(35-14-15-5-1-2-6-18(15)27)16(11-17)12-21-24(33)31(25(34)30-21)13-23(32)29-20-8-4-3-7-19(20)28/h1-12H,13-14H2,(H,29,32)(H,30,34)/b21-12+. The molecule has 4 amide bonds. The number of hydrogen-bond acceptors (Lipinski definition) is 4. The number of anilines is 1. The molecule has 0 saturated carbocycles. The summed E-state index contributed by atoms with van der Waals surface area (Å²) in [6.45, 7) is -0.654. The fourth-order valence-electron chi connectivity index (χ4n) is 3.30. The van der Waals surface area contributed by atoms with Crippen LogP contribution in [0.5, 0.6) is 5.75 Å². The topological polar surface area (TPSA) is 87.7 Å². The molecule has 3 aromatic rings. The number of amides is 4. The first-order valence-electron chi connectivity index (χ1n) is 10.4. The Morgan fingerprint density at radius 1 is 1.03 bits per heavy atom. The number of rotatable bonds is 7. The highest BCUT2D eigenvalue weighted by Gasteiger charge is 2.35. The van der Waals surface area contributed by atoms with Gasteiger partial charge in [-0.15, -0.1) is 0 Å². The van der Waals surface area contributed by atoms with E-state index in [1.54, 1.807) is 36.4 Å². The van der Waals surface area contributed by atoms with Gasteiger partial charge in [0.05, 0.1) is 5.69 Å². The van der Waals surface area contributed by atoms with E-state index in [1.165, 1.54) is 36.4 Å². The molecule has 0 unspecified atom stereocenters. The van der Waals surface area contributed by atoms with Gasteiger partial charge in [-0.25, -0.2) is 18.5 Å². The number of nitrogens with zero attached hydrogens (tertiary/aromatic N) is 1. The predicted octanol–water partition coefficient (Wildman–Crippen LogP) is 4.84. The summed E-state index contributed by atoms with van der Waals surface area (Å²) in [5.41, 5.74) is 0.650. The number of halogens is 3. The Morgan fingerprint density at radius 3 is 2.49 bits per heavy atom. The molecule has 4 rings (SSSR count). The Kier molecular flexibility index (Phi) is 7.21. The van der Waals surface area contributed by atoms with Crippen molar-refractivity contribution in [3.63, 3.8) is 0 Å². The Morgan fingerprint density at radius 2 is 1.74 bits per heavy atom. The van der Waals surface area contributed by atoms with Gasteiger partial charge in [0.2, 0.25) is 5.91 Å². The van der Waals surface area contributed by atoms with Crippen LogP contribution in [0.15, 0.2) is 76.9 Å². The van der Waals surface area contributed by atoms with Gasteiger partial charge in [-0.2, -0.15) is 0 Å². The van der Waals surface area contributed by atoms with Gasteiger partial charge in [0.1, 0.15) is 36.2 Å².